The normalized spacial score (nSPS) is 19.9. The van der Waals surface area contributed by atoms with E-state index in [1.807, 2.05) is 4.68 Å². The average Bonchev–Trinajstić information content (AvgIpc) is 2.85. The number of nitrogens with zero attached hydrogens (tertiary/aromatic N) is 2. The summed E-state index contributed by atoms with van der Waals surface area (Å²) in [5.41, 5.74) is 8.28. The van der Waals surface area contributed by atoms with Gasteiger partial charge in [0.2, 0.25) is 0 Å². The Morgan fingerprint density at radius 1 is 1.62 bits per heavy atom. The number of hydrogen-bond acceptors (Lipinski definition) is 3. The summed E-state index contributed by atoms with van der Waals surface area (Å²) in [6.45, 7) is 3.07. The van der Waals surface area contributed by atoms with Crippen LogP contribution in [-0.4, -0.2) is 22.9 Å². The Hall–Kier alpha value is -1.29. The zero-order valence-electron chi connectivity index (χ0n) is 9.94. The minimum absolute atomic E-state index is 0.185. The van der Waals surface area contributed by atoms with E-state index in [-0.39, 0.29) is 6.04 Å². The molecular formula is C12H19N3O. The summed E-state index contributed by atoms with van der Waals surface area (Å²) in [6, 6.07) is 0.185. The van der Waals surface area contributed by atoms with Crippen LogP contribution in [0.1, 0.15) is 31.9 Å². The molecule has 0 aliphatic heterocycles. The number of nitrogens with two attached hydrogens (primary N) is 1. The second-order valence-electron chi connectivity index (χ2n) is 4.18. The second kappa shape index (κ2) is 4.70. The van der Waals surface area contributed by atoms with Gasteiger partial charge in [-0.05, 0) is 24.8 Å². The Kier molecular flexibility index (Phi) is 3.29. The largest absolute Gasteiger partial charge is 0.493 e. The zero-order valence-corrected chi connectivity index (χ0v) is 9.94. The Bertz CT molecular complexity index is 395. The van der Waals surface area contributed by atoms with Crippen LogP contribution < -0.4 is 10.5 Å². The first-order valence-corrected chi connectivity index (χ1v) is 5.82. The molecule has 0 bridgehead atoms. The highest BCUT2D eigenvalue weighted by Crippen LogP contribution is 2.33. The van der Waals surface area contributed by atoms with Crippen LogP contribution >= 0.6 is 0 Å². The van der Waals surface area contributed by atoms with Gasteiger partial charge in [-0.2, -0.15) is 5.10 Å². The average molecular weight is 221 g/mol. The van der Waals surface area contributed by atoms with Crippen LogP contribution in [0.3, 0.4) is 0 Å². The third-order valence-electron chi connectivity index (χ3n) is 2.93. The van der Waals surface area contributed by atoms with Crippen molar-refractivity contribution in [3.05, 3.63) is 18.0 Å². The van der Waals surface area contributed by atoms with Crippen LogP contribution in [0.4, 0.5) is 0 Å². The molecule has 4 heteroatoms. The first kappa shape index (κ1) is 11.2. The first-order valence-electron chi connectivity index (χ1n) is 5.82. The van der Waals surface area contributed by atoms with Crippen molar-refractivity contribution in [3.63, 3.8) is 0 Å². The fourth-order valence-electron chi connectivity index (χ4n) is 2.17. The van der Waals surface area contributed by atoms with Crippen molar-refractivity contribution in [2.75, 3.05) is 7.11 Å². The van der Waals surface area contributed by atoms with Gasteiger partial charge in [0.15, 0.2) is 5.75 Å². The summed E-state index contributed by atoms with van der Waals surface area (Å²) in [5, 5.41) is 4.36. The number of aromatic nitrogens is 2. The van der Waals surface area contributed by atoms with E-state index in [0.717, 1.165) is 37.3 Å². The van der Waals surface area contributed by atoms with Gasteiger partial charge in [-0.3, -0.25) is 4.68 Å². The van der Waals surface area contributed by atoms with Crippen LogP contribution in [0, 0.1) is 0 Å². The van der Waals surface area contributed by atoms with Crippen LogP contribution in [0.15, 0.2) is 12.3 Å². The van der Waals surface area contributed by atoms with Gasteiger partial charge >= 0.3 is 0 Å². The smallest absolute Gasteiger partial charge is 0.164 e. The van der Waals surface area contributed by atoms with Gasteiger partial charge in [0.1, 0.15) is 5.69 Å². The van der Waals surface area contributed by atoms with E-state index in [1.165, 1.54) is 5.57 Å². The number of ether oxygens (including phenoxy) is 1. The number of hydrogen-bond donors (Lipinski definition) is 1. The Morgan fingerprint density at radius 2 is 2.44 bits per heavy atom. The molecular weight excluding hydrogens is 202 g/mol. The predicted molar refractivity (Wildman–Crippen MR) is 64.3 cm³/mol. The Balaban J connectivity index is 2.36. The molecule has 2 rings (SSSR count). The van der Waals surface area contributed by atoms with E-state index < -0.39 is 0 Å². The minimum atomic E-state index is 0.185. The molecule has 1 aromatic rings. The van der Waals surface area contributed by atoms with Gasteiger partial charge in [-0.25, -0.2) is 0 Å². The lowest BCUT2D eigenvalue weighted by atomic mass is 10.1. The van der Waals surface area contributed by atoms with Gasteiger partial charge < -0.3 is 10.5 Å². The maximum Gasteiger partial charge on any atom is 0.164 e. The highest BCUT2D eigenvalue weighted by molar-refractivity contribution is 5.70. The summed E-state index contributed by atoms with van der Waals surface area (Å²) in [6.07, 6.45) is 7.03. The molecule has 4 nitrogen and oxygen atoms in total. The van der Waals surface area contributed by atoms with E-state index in [9.17, 15) is 0 Å². The Morgan fingerprint density at radius 3 is 3.00 bits per heavy atom. The summed E-state index contributed by atoms with van der Waals surface area (Å²) < 4.78 is 7.37. The van der Waals surface area contributed by atoms with Crippen molar-refractivity contribution in [1.82, 2.24) is 9.78 Å². The third-order valence-corrected chi connectivity index (χ3v) is 2.93. The van der Waals surface area contributed by atoms with Gasteiger partial charge in [0.25, 0.3) is 0 Å². The van der Waals surface area contributed by atoms with Gasteiger partial charge in [0.05, 0.1) is 13.3 Å². The summed E-state index contributed by atoms with van der Waals surface area (Å²) in [7, 11) is 1.69. The molecule has 1 heterocycles. The molecule has 0 amide bonds. The van der Waals surface area contributed by atoms with E-state index in [4.69, 9.17) is 10.5 Å². The van der Waals surface area contributed by atoms with Crippen molar-refractivity contribution >= 4 is 5.57 Å². The molecule has 1 atom stereocenters. The standard InChI is InChI=1S/C12H19N3O/c1-3-6-15-12(11(16-2)8-14-15)9-4-5-10(13)7-9/h7-8,10H,3-6,13H2,1-2H3. The molecule has 2 N–H and O–H groups in total. The van der Waals surface area contributed by atoms with Gasteiger partial charge in [-0.1, -0.05) is 13.0 Å². The predicted octanol–water partition coefficient (Wildman–Crippen LogP) is 1.81. The molecule has 0 saturated carbocycles. The SMILES string of the molecule is CCCn1ncc(OC)c1C1=CC(N)CC1. The molecule has 0 aromatic carbocycles. The lowest BCUT2D eigenvalue weighted by molar-refractivity contribution is 0.412. The molecule has 0 radical (unpaired) electrons. The quantitative estimate of drug-likeness (QED) is 0.843. The highest BCUT2D eigenvalue weighted by Gasteiger charge is 2.20. The summed E-state index contributed by atoms with van der Waals surface area (Å²) in [4.78, 5) is 0. The molecule has 1 aliphatic carbocycles. The van der Waals surface area contributed by atoms with E-state index in [2.05, 4.69) is 18.1 Å². The highest BCUT2D eigenvalue weighted by atomic mass is 16.5. The first-order chi connectivity index (χ1) is 7.76. The van der Waals surface area contributed by atoms with Crippen molar-refractivity contribution < 1.29 is 4.74 Å². The van der Waals surface area contributed by atoms with Gasteiger partial charge in [-0.15, -0.1) is 0 Å². The minimum Gasteiger partial charge on any atom is -0.493 e. The van der Waals surface area contributed by atoms with Crippen molar-refractivity contribution in [2.24, 2.45) is 5.73 Å². The van der Waals surface area contributed by atoms with Crippen LogP contribution in [0.25, 0.3) is 5.57 Å². The summed E-state index contributed by atoms with van der Waals surface area (Å²) >= 11 is 0. The van der Waals surface area contributed by atoms with E-state index in [1.54, 1.807) is 13.3 Å². The summed E-state index contributed by atoms with van der Waals surface area (Å²) in [5.74, 6) is 0.855. The molecule has 88 valence electrons. The number of allylic oxidation sites excluding steroid dienone is 1. The topological polar surface area (TPSA) is 53.1 Å². The van der Waals surface area contributed by atoms with E-state index >= 15 is 0 Å². The molecule has 1 unspecified atom stereocenters. The molecule has 0 fully saturated rings. The van der Waals surface area contributed by atoms with Crippen LogP contribution in [0.5, 0.6) is 5.75 Å². The fraction of sp³-hybridized carbons (Fsp3) is 0.583. The number of methoxy groups -OCH3 is 1. The lowest BCUT2D eigenvalue weighted by Gasteiger charge is -2.08. The zero-order chi connectivity index (χ0) is 11.5. The van der Waals surface area contributed by atoms with Crippen molar-refractivity contribution in [1.29, 1.82) is 0 Å². The van der Waals surface area contributed by atoms with Crippen molar-refractivity contribution in [2.45, 2.75) is 38.8 Å². The van der Waals surface area contributed by atoms with E-state index in [0.29, 0.717) is 0 Å². The van der Waals surface area contributed by atoms with Crippen LogP contribution in [0.2, 0.25) is 0 Å². The lowest BCUT2D eigenvalue weighted by Crippen LogP contribution is -2.11. The molecule has 0 saturated heterocycles. The number of rotatable bonds is 4. The van der Waals surface area contributed by atoms with Gasteiger partial charge in [0, 0.05) is 12.6 Å². The molecule has 1 aromatic heterocycles. The third kappa shape index (κ3) is 1.97. The van der Waals surface area contributed by atoms with Crippen LogP contribution in [-0.2, 0) is 6.54 Å². The monoisotopic (exact) mass is 221 g/mol. The van der Waals surface area contributed by atoms with Crippen molar-refractivity contribution in [3.8, 4) is 5.75 Å². The Labute approximate surface area is 96.1 Å². The molecule has 1 aliphatic rings. The molecule has 16 heavy (non-hydrogen) atoms. The fourth-order valence-corrected chi connectivity index (χ4v) is 2.17. The maximum atomic E-state index is 5.90. The number of aryl methyl sites for hydroxylation is 1. The maximum absolute atomic E-state index is 5.90. The second-order valence-corrected chi connectivity index (χ2v) is 4.18. The molecule has 0 spiro atoms.